The molecule has 0 radical (unpaired) electrons. The third-order valence-electron chi connectivity index (χ3n) is 1.50. The van der Waals surface area contributed by atoms with Gasteiger partial charge in [0.15, 0.2) is 0 Å². The first-order valence-corrected chi connectivity index (χ1v) is 4.03. The van der Waals surface area contributed by atoms with E-state index in [0.29, 0.717) is 6.42 Å². The molecule has 68 valence electrons. The van der Waals surface area contributed by atoms with Crippen LogP contribution in [0, 0.1) is 11.8 Å². The van der Waals surface area contributed by atoms with Crippen LogP contribution in [-0.4, -0.2) is 11.7 Å². The fraction of sp³-hybridized carbons (Fsp3) is 0.200. The summed E-state index contributed by atoms with van der Waals surface area (Å²) in [7, 11) is 0. The zero-order chi connectivity index (χ0) is 9.52. The number of anilines is 1. The Balaban J connectivity index is 2.73. The molecule has 0 spiro atoms. The zero-order valence-electron chi connectivity index (χ0n) is 7.25. The molecule has 0 heterocycles. The Labute approximate surface area is 77.5 Å². The number of aliphatic hydroxyl groups excluding tert-OH is 1. The van der Waals surface area contributed by atoms with Crippen LogP contribution in [0.1, 0.15) is 12.0 Å². The number of nitrogens with one attached hydrogen (secondary N) is 1. The van der Waals surface area contributed by atoms with E-state index < -0.39 is 0 Å². The monoisotopic (exact) mass is 176 g/mol. The molecule has 0 atom stereocenters. The Bertz CT molecular complexity index is 325. The summed E-state index contributed by atoms with van der Waals surface area (Å²) in [5.74, 6) is 11.0. The van der Waals surface area contributed by atoms with Gasteiger partial charge >= 0.3 is 0 Å². The quantitative estimate of drug-likeness (QED) is 0.353. The number of aliphatic hydroxyl groups is 1. The average Bonchev–Trinajstić information content (AvgIpc) is 2.19. The largest absolute Gasteiger partial charge is 0.395 e. The van der Waals surface area contributed by atoms with Gasteiger partial charge in [0, 0.05) is 17.7 Å². The first kappa shape index (κ1) is 9.59. The summed E-state index contributed by atoms with van der Waals surface area (Å²) < 4.78 is 0. The fourth-order valence-electron chi connectivity index (χ4n) is 0.907. The molecule has 13 heavy (non-hydrogen) atoms. The molecule has 4 N–H and O–H groups in total. The van der Waals surface area contributed by atoms with Gasteiger partial charge in [-0.3, -0.25) is 5.84 Å². The van der Waals surface area contributed by atoms with Gasteiger partial charge in [-0.1, -0.05) is 17.9 Å². The molecule has 0 aromatic heterocycles. The van der Waals surface area contributed by atoms with E-state index in [9.17, 15) is 0 Å². The van der Waals surface area contributed by atoms with Crippen molar-refractivity contribution in [2.24, 2.45) is 5.84 Å². The van der Waals surface area contributed by atoms with Crippen LogP contribution in [0.4, 0.5) is 5.69 Å². The maximum absolute atomic E-state index is 8.51. The lowest BCUT2D eigenvalue weighted by Gasteiger charge is -1.98. The van der Waals surface area contributed by atoms with Crippen LogP contribution in [0.2, 0.25) is 0 Å². The molecule has 3 nitrogen and oxygen atoms in total. The van der Waals surface area contributed by atoms with Crippen LogP contribution in [-0.2, 0) is 0 Å². The van der Waals surface area contributed by atoms with Crippen molar-refractivity contribution in [1.82, 2.24) is 0 Å². The lowest BCUT2D eigenvalue weighted by Crippen LogP contribution is -2.06. The molecule has 0 aliphatic rings. The molecular weight excluding hydrogens is 164 g/mol. The summed E-state index contributed by atoms with van der Waals surface area (Å²) in [6.07, 6.45) is 0.500. The second-order valence-electron chi connectivity index (χ2n) is 2.50. The Morgan fingerprint density at radius 2 is 2.31 bits per heavy atom. The van der Waals surface area contributed by atoms with Crippen LogP contribution in [0.3, 0.4) is 0 Å². The van der Waals surface area contributed by atoms with Gasteiger partial charge < -0.3 is 10.5 Å². The van der Waals surface area contributed by atoms with Crippen molar-refractivity contribution >= 4 is 5.69 Å². The Kier molecular flexibility index (Phi) is 3.83. The second-order valence-corrected chi connectivity index (χ2v) is 2.50. The molecule has 0 aliphatic carbocycles. The first-order chi connectivity index (χ1) is 6.36. The minimum absolute atomic E-state index is 0.0990. The summed E-state index contributed by atoms with van der Waals surface area (Å²) in [4.78, 5) is 0. The molecule has 0 bridgehead atoms. The molecular formula is C10H12N2O. The smallest absolute Gasteiger partial charge is 0.0540 e. The molecule has 0 unspecified atom stereocenters. The highest BCUT2D eigenvalue weighted by Gasteiger charge is 1.88. The molecule has 1 aromatic carbocycles. The van der Waals surface area contributed by atoms with E-state index in [2.05, 4.69) is 17.3 Å². The van der Waals surface area contributed by atoms with Crippen LogP contribution in [0.25, 0.3) is 0 Å². The number of nitrogens with two attached hydrogens (primary N) is 1. The van der Waals surface area contributed by atoms with Crippen LogP contribution >= 0.6 is 0 Å². The molecule has 3 heteroatoms. The Hall–Kier alpha value is -1.50. The summed E-state index contributed by atoms with van der Waals surface area (Å²) in [5, 5.41) is 8.51. The van der Waals surface area contributed by atoms with E-state index >= 15 is 0 Å². The third kappa shape index (κ3) is 3.16. The number of hydrogen-bond donors (Lipinski definition) is 3. The second kappa shape index (κ2) is 5.20. The highest BCUT2D eigenvalue weighted by atomic mass is 16.2. The summed E-state index contributed by atoms with van der Waals surface area (Å²) in [6, 6.07) is 7.48. The van der Waals surface area contributed by atoms with Gasteiger partial charge in [-0.05, 0) is 18.2 Å². The van der Waals surface area contributed by atoms with Crippen molar-refractivity contribution in [2.45, 2.75) is 6.42 Å². The highest BCUT2D eigenvalue weighted by Crippen LogP contribution is 2.07. The van der Waals surface area contributed by atoms with Crippen LogP contribution in [0.15, 0.2) is 24.3 Å². The molecule has 1 aromatic rings. The topological polar surface area (TPSA) is 58.3 Å². The summed E-state index contributed by atoms with van der Waals surface area (Å²) in [6.45, 7) is 0.0990. The van der Waals surface area contributed by atoms with Crippen molar-refractivity contribution in [3.8, 4) is 11.8 Å². The maximum atomic E-state index is 8.51. The van der Waals surface area contributed by atoms with Crippen molar-refractivity contribution in [3.63, 3.8) is 0 Å². The lowest BCUT2D eigenvalue weighted by molar-refractivity contribution is 0.305. The fourth-order valence-corrected chi connectivity index (χ4v) is 0.907. The van der Waals surface area contributed by atoms with E-state index in [1.807, 2.05) is 24.3 Å². The first-order valence-electron chi connectivity index (χ1n) is 4.03. The van der Waals surface area contributed by atoms with E-state index in [1.54, 1.807) is 0 Å². The van der Waals surface area contributed by atoms with Crippen molar-refractivity contribution in [1.29, 1.82) is 0 Å². The number of benzene rings is 1. The van der Waals surface area contributed by atoms with Crippen LogP contribution in [0.5, 0.6) is 0 Å². The lowest BCUT2D eigenvalue weighted by atomic mass is 10.2. The molecule has 0 saturated heterocycles. The van der Waals surface area contributed by atoms with E-state index in [4.69, 9.17) is 10.9 Å². The van der Waals surface area contributed by atoms with Crippen molar-refractivity contribution in [2.75, 3.05) is 12.0 Å². The number of rotatable bonds is 2. The predicted molar refractivity (Wildman–Crippen MR) is 52.8 cm³/mol. The van der Waals surface area contributed by atoms with E-state index in [1.165, 1.54) is 0 Å². The summed E-state index contributed by atoms with van der Waals surface area (Å²) >= 11 is 0. The highest BCUT2D eigenvalue weighted by molar-refractivity contribution is 5.49. The average molecular weight is 176 g/mol. The standard InChI is InChI=1S/C10H12N2O/c11-12-10-6-3-5-9(8-10)4-1-2-7-13/h3,5-6,8,12-13H,2,7,11H2. The zero-order valence-corrected chi connectivity index (χ0v) is 7.25. The maximum Gasteiger partial charge on any atom is 0.0540 e. The third-order valence-corrected chi connectivity index (χ3v) is 1.50. The Morgan fingerprint density at radius 3 is 3.00 bits per heavy atom. The van der Waals surface area contributed by atoms with Gasteiger partial charge in [-0.2, -0.15) is 0 Å². The SMILES string of the molecule is NNc1cccc(C#CCCO)c1. The summed E-state index contributed by atoms with van der Waals surface area (Å²) in [5.41, 5.74) is 4.26. The number of nitrogen functional groups attached to an aromatic ring is 1. The van der Waals surface area contributed by atoms with E-state index in [-0.39, 0.29) is 6.61 Å². The molecule has 1 rings (SSSR count). The van der Waals surface area contributed by atoms with Crippen LogP contribution < -0.4 is 11.3 Å². The number of hydrogen-bond acceptors (Lipinski definition) is 3. The minimum Gasteiger partial charge on any atom is -0.395 e. The van der Waals surface area contributed by atoms with Gasteiger partial charge in [-0.15, -0.1) is 0 Å². The molecule has 0 amide bonds. The minimum atomic E-state index is 0.0990. The molecule has 0 aliphatic heterocycles. The van der Waals surface area contributed by atoms with Crippen molar-refractivity contribution in [3.05, 3.63) is 29.8 Å². The van der Waals surface area contributed by atoms with Gasteiger partial charge in [0.25, 0.3) is 0 Å². The normalized spacial score (nSPS) is 8.77. The molecule has 0 saturated carbocycles. The molecule has 0 fully saturated rings. The van der Waals surface area contributed by atoms with Crippen molar-refractivity contribution < 1.29 is 5.11 Å². The number of hydrazine groups is 1. The van der Waals surface area contributed by atoms with Gasteiger partial charge in [-0.25, -0.2) is 0 Å². The van der Waals surface area contributed by atoms with E-state index in [0.717, 1.165) is 11.3 Å². The van der Waals surface area contributed by atoms with Gasteiger partial charge in [0.1, 0.15) is 0 Å². The predicted octanol–water partition coefficient (Wildman–Crippen LogP) is 0.706. The van der Waals surface area contributed by atoms with Gasteiger partial charge in [0.05, 0.1) is 6.61 Å². The van der Waals surface area contributed by atoms with Gasteiger partial charge in [0.2, 0.25) is 0 Å². The Morgan fingerprint density at radius 1 is 1.46 bits per heavy atom.